The Morgan fingerprint density at radius 1 is 1.00 bits per heavy atom. The van der Waals surface area contributed by atoms with Crippen molar-refractivity contribution in [3.8, 4) is 0 Å². The van der Waals surface area contributed by atoms with Crippen LogP contribution in [0.3, 0.4) is 0 Å². The highest BCUT2D eigenvalue weighted by molar-refractivity contribution is 5.78. The van der Waals surface area contributed by atoms with Gasteiger partial charge in [-0.05, 0) is 81.1 Å². The van der Waals surface area contributed by atoms with E-state index in [0.717, 1.165) is 51.2 Å². The molecule has 3 aliphatic rings. The summed E-state index contributed by atoms with van der Waals surface area (Å²) in [6, 6.07) is 18.0. The number of piperidine rings is 1. The molecule has 4 nitrogen and oxygen atoms in total. The summed E-state index contributed by atoms with van der Waals surface area (Å²) in [5, 5.41) is 0. The summed E-state index contributed by atoms with van der Waals surface area (Å²) in [5.41, 5.74) is 5.41. The molecule has 1 aliphatic carbocycles. The highest BCUT2D eigenvalue weighted by atomic mass is 16.5. The van der Waals surface area contributed by atoms with Gasteiger partial charge in [-0.15, -0.1) is 0 Å². The van der Waals surface area contributed by atoms with Crippen molar-refractivity contribution in [2.24, 2.45) is 5.92 Å². The second-order valence-electron chi connectivity index (χ2n) is 10.4. The second-order valence-corrected chi connectivity index (χ2v) is 10.4. The standard InChI is InChI=1S/C29H38N2O2/c1-22-6-4-7-24(16-22)17-29(32)31(21-28-10-5-15-33-28)20-23-11-13-30(14-12-23)27-18-25-8-2-3-9-26(25)19-27/h2-4,6-9,16,23,27-28H,5,10-15,17-21H2,1H3/t28-/m0/s1. The van der Waals surface area contributed by atoms with Gasteiger partial charge in [0.05, 0.1) is 12.5 Å². The average molecular weight is 447 g/mol. The zero-order valence-electron chi connectivity index (χ0n) is 20.0. The molecule has 2 fully saturated rings. The van der Waals surface area contributed by atoms with E-state index in [2.05, 4.69) is 65.3 Å². The van der Waals surface area contributed by atoms with E-state index in [1.165, 1.54) is 42.4 Å². The van der Waals surface area contributed by atoms with Gasteiger partial charge in [0.25, 0.3) is 0 Å². The molecule has 0 unspecified atom stereocenters. The molecule has 0 N–H and O–H groups in total. The van der Waals surface area contributed by atoms with Gasteiger partial charge in [0.2, 0.25) is 5.91 Å². The first kappa shape index (κ1) is 22.6. The molecule has 33 heavy (non-hydrogen) atoms. The van der Waals surface area contributed by atoms with Gasteiger partial charge in [0.15, 0.2) is 0 Å². The largest absolute Gasteiger partial charge is 0.376 e. The number of hydrogen-bond acceptors (Lipinski definition) is 3. The molecule has 0 bridgehead atoms. The molecule has 0 spiro atoms. The minimum absolute atomic E-state index is 0.212. The Balaban J connectivity index is 1.17. The number of nitrogens with zero attached hydrogens (tertiary/aromatic N) is 2. The number of aryl methyl sites for hydroxylation is 1. The molecule has 0 radical (unpaired) electrons. The molecule has 5 rings (SSSR count). The lowest BCUT2D eigenvalue weighted by Crippen LogP contribution is -2.46. The summed E-state index contributed by atoms with van der Waals surface area (Å²) >= 11 is 0. The van der Waals surface area contributed by atoms with Crippen molar-refractivity contribution in [1.82, 2.24) is 9.80 Å². The van der Waals surface area contributed by atoms with Crippen LogP contribution in [0.5, 0.6) is 0 Å². The molecule has 176 valence electrons. The predicted octanol–water partition coefficient (Wildman–Crippen LogP) is 4.42. The van der Waals surface area contributed by atoms with Crippen LogP contribution >= 0.6 is 0 Å². The van der Waals surface area contributed by atoms with Crippen LogP contribution in [0.2, 0.25) is 0 Å². The van der Waals surface area contributed by atoms with Crippen molar-refractivity contribution in [3.63, 3.8) is 0 Å². The van der Waals surface area contributed by atoms with Crippen molar-refractivity contribution >= 4 is 5.91 Å². The van der Waals surface area contributed by atoms with Crippen molar-refractivity contribution in [2.75, 3.05) is 32.8 Å². The lowest BCUT2D eigenvalue weighted by Gasteiger charge is -2.38. The molecule has 4 heteroatoms. The number of likely N-dealkylation sites (tertiary alicyclic amines) is 1. The highest BCUT2D eigenvalue weighted by Crippen LogP contribution is 2.29. The lowest BCUT2D eigenvalue weighted by atomic mass is 9.94. The van der Waals surface area contributed by atoms with Gasteiger partial charge < -0.3 is 9.64 Å². The number of amides is 1. The maximum Gasteiger partial charge on any atom is 0.227 e. The molecule has 2 saturated heterocycles. The van der Waals surface area contributed by atoms with Crippen LogP contribution in [-0.2, 0) is 28.8 Å². The Morgan fingerprint density at radius 2 is 1.76 bits per heavy atom. The third-order valence-electron chi connectivity index (χ3n) is 7.91. The summed E-state index contributed by atoms with van der Waals surface area (Å²) in [6.45, 7) is 6.87. The lowest BCUT2D eigenvalue weighted by molar-refractivity contribution is -0.133. The Hall–Kier alpha value is -2.17. The number of carbonyl (C=O) groups excluding carboxylic acids is 1. The van der Waals surface area contributed by atoms with E-state index in [4.69, 9.17) is 4.74 Å². The molecular weight excluding hydrogens is 408 g/mol. The molecule has 1 atom stereocenters. The maximum atomic E-state index is 13.3. The number of rotatable bonds is 7. The number of fused-ring (bicyclic) bond motifs is 1. The minimum atomic E-state index is 0.212. The van der Waals surface area contributed by atoms with Gasteiger partial charge in [0, 0.05) is 25.7 Å². The van der Waals surface area contributed by atoms with Gasteiger partial charge in [-0.3, -0.25) is 9.69 Å². The Kier molecular flexibility index (Phi) is 7.13. The van der Waals surface area contributed by atoms with E-state index in [1.54, 1.807) is 0 Å². The predicted molar refractivity (Wildman–Crippen MR) is 132 cm³/mol. The van der Waals surface area contributed by atoms with Crippen molar-refractivity contribution in [2.45, 2.75) is 64.0 Å². The fourth-order valence-electron chi connectivity index (χ4n) is 6.03. The van der Waals surface area contributed by atoms with Crippen molar-refractivity contribution < 1.29 is 9.53 Å². The molecular formula is C29H38N2O2. The zero-order valence-corrected chi connectivity index (χ0v) is 20.0. The van der Waals surface area contributed by atoms with Gasteiger partial charge in [-0.25, -0.2) is 0 Å². The van der Waals surface area contributed by atoms with E-state index in [9.17, 15) is 4.79 Å². The third-order valence-corrected chi connectivity index (χ3v) is 7.91. The van der Waals surface area contributed by atoms with Crippen LogP contribution in [0.25, 0.3) is 0 Å². The number of hydrogen-bond donors (Lipinski definition) is 0. The topological polar surface area (TPSA) is 32.8 Å². The molecule has 0 saturated carbocycles. The number of carbonyl (C=O) groups is 1. The van der Waals surface area contributed by atoms with Crippen LogP contribution in [0.4, 0.5) is 0 Å². The molecule has 1 amide bonds. The summed E-state index contributed by atoms with van der Waals surface area (Å²) in [5.74, 6) is 0.845. The van der Waals surface area contributed by atoms with Crippen LogP contribution in [0, 0.1) is 12.8 Å². The summed E-state index contributed by atoms with van der Waals surface area (Å²) < 4.78 is 5.91. The Morgan fingerprint density at radius 3 is 2.42 bits per heavy atom. The number of ether oxygens (including phenoxy) is 1. The van der Waals surface area contributed by atoms with E-state index in [-0.39, 0.29) is 12.0 Å². The maximum absolute atomic E-state index is 13.3. The van der Waals surface area contributed by atoms with E-state index in [0.29, 0.717) is 18.4 Å². The number of benzene rings is 2. The molecule has 0 aromatic heterocycles. The molecule has 2 heterocycles. The minimum Gasteiger partial charge on any atom is -0.376 e. The average Bonchev–Trinajstić information content (AvgIpc) is 3.49. The molecule has 2 aliphatic heterocycles. The van der Waals surface area contributed by atoms with E-state index < -0.39 is 0 Å². The smallest absolute Gasteiger partial charge is 0.227 e. The van der Waals surface area contributed by atoms with Gasteiger partial charge in [-0.2, -0.15) is 0 Å². The molecule has 2 aromatic carbocycles. The van der Waals surface area contributed by atoms with Crippen molar-refractivity contribution in [3.05, 3.63) is 70.8 Å². The monoisotopic (exact) mass is 446 g/mol. The zero-order chi connectivity index (χ0) is 22.6. The second kappa shape index (κ2) is 10.4. The first-order valence-electron chi connectivity index (χ1n) is 12.9. The first-order valence-corrected chi connectivity index (χ1v) is 12.9. The first-order chi connectivity index (χ1) is 16.1. The Labute approximate surface area is 198 Å². The quantitative estimate of drug-likeness (QED) is 0.631. The van der Waals surface area contributed by atoms with Gasteiger partial charge in [-0.1, -0.05) is 54.1 Å². The van der Waals surface area contributed by atoms with Crippen LogP contribution < -0.4 is 0 Å². The summed E-state index contributed by atoms with van der Waals surface area (Å²) in [4.78, 5) is 18.2. The summed E-state index contributed by atoms with van der Waals surface area (Å²) in [6.07, 6.45) is 7.67. The van der Waals surface area contributed by atoms with E-state index >= 15 is 0 Å². The third kappa shape index (κ3) is 5.67. The summed E-state index contributed by atoms with van der Waals surface area (Å²) in [7, 11) is 0. The van der Waals surface area contributed by atoms with Crippen molar-refractivity contribution in [1.29, 1.82) is 0 Å². The van der Waals surface area contributed by atoms with Gasteiger partial charge >= 0.3 is 0 Å². The normalized spacial score (nSPS) is 21.9. The Bertz CT molecular complexity index is 919. The van der Waals surface area contributed by atoms with Crippen LogP contribution in [0.15, 0.2) is 48.5 Å². The highest BCUT2D eigenvalue weighted by Gasteiger charge is 2.31. The van der Waals surface area contributed by atoms with Crippen LogP contribution in [0.1, 0.15) is 47.9 Å². The van der Waals surface area contributed by atoms with Gasteiger partial charge in [0.1, 0.15) is 0 Å². The SMILES string of the molecule is Cc1cccc(CC(=O)N(CC2CCN(C3Cc4ccccc4C3)CC2)C[C@@H]2CCCO2)c1. The fourth-order valence-corrected chi connectivity index (χ4v) is 6.03. The molecule has 2 aromatic rings. The van der Waals surface area contributed by atoms with E-state index in [1.807, 2.05) is 0 Å². The fraction of sp³-hybridized carbons (Fsp3) is 0.552. The van der Waals surface area contributed by atoms with Crippen LogP contribution in [-0.4, -0.2) is 60.6 Å².